The Balaban J connectivity index is 1.56. The van der Waals surface area contributed by atoms with Crippen LogP contribution in [-0.4, -0.2) is 11.9 Å². The molecule has 4 heteroatoms. The van der Waals surface area contributed by atoms with Crippen LogP contribution in [0.4, 0.5) is 0 Å². The van der Waals surface area contributed by atoms with Crippen LogP contribution in [0.1, 0.15) is 36.8 Å². The lowest BCUT2D eigenvalue weighted by atomic mass is 9.79. The van der Waals surface area contributed by atoms with Gasteiger partial charge in [-0.25, -0.2) is 0 Å². The molecule has 2 atom stereocenters. The van der Waals surface area contributed by atoms with Gasteiger partial charge in [0, 0.05) is 0 Å². The number of hydrogen-bond donors (Lipinski definition) is 0. The second-order valence-electron chi connectivity index (χ2n) is 6.80. The van der Waals surface area contributed by atoms with E-state index in [0.29, 0.717) is 12.8 Å². The fourth-order valence-corrected chi connectivity index (χ4v) is 3.36. The van der Waals surface area contributed by atoms with Crippen LogP contribution in [0.5, 0.6) is 0 Å². The van der Waals surface area contributed by atoms with Gasteiger partial charge in [-0.2, -0.15) is 0 Å². The third-order valence-corrected chi connectivity index (χ3v) is 4.86. The van der Waals surface area contributed by atoms with Gasteiger partial charge < -0.3 is 9.47 Å². The third kappa shape index (κ3) is 5.68. The Hall–Kier alpha value is -3.14. The molecule has 0 heterocycles. The molecular formula is C24H24O4. The van der Waals surface area contributed by atoms with Crippen LogP contribution in [0.25, 0.3) is 12.2 Å². The number of esters is 2. The zero-order valence-corrected chi connectivity index (χ0v) is 15.7. The molecule has 0 amide bonds. The predicted octanol–water partition coefficient (Wildman–Crippen LogP) is 5.22. The summed E-state index contributed by atoms with van der Waals surface area (Å²) in [5.74, 6) is -1.68. The van der Waals surface area contributed by atoms with Gasteiger partial charge in [0.05, 0.1) is 24.4 Å². The highest BCUT2D eigenvalue weighted by molar-refractivity contribution is 5.83. The van der Waals surface area contributed by atoms with Gasteiger partial charge >= 0.3 is 11.9 Å². The summed E-state index contributed by atoms with van der Waals surface area (Å²) >= 11 is 0. The van der Waals surface area contributed by atoms with Crippen molar-refractivity contribution >= 4 is 24.1 Å². The average Bonchev–Trinajstić information content (AvgIpc) is 2.75. The molecule has 4 nitrogen and oxygen atoms in total. The van der Waals surface area contributed by atoms with Gasteiger partial charge in [0.25, 0.3) is 0 Å². The zero-order chi connectivity index (χ0) is 19.6. The SMILES string of the molecule is O=C(O/C=C/c1ccccc1)[C@@H]1CCCC[C@H]1C(=O)O/C=C/c1ccccc1. The van der Waals surface area contributed by atoms with Gasteiger partial charge in [0.1, 0.15) is 0 Å². The molecule has 0 aliphatic heterocycles. The first-order valence-corrected chi connectivity index (χ1v) is 9.58. The normalized spacial score (nSPS) is 19.6. The minimum atomic E-state index is -0.466. The number of carbonyl (C=O) groups excluding carboxylic acids is 2. The van der Waals surface area contributed by atoms with Crippen molar-refractivity contribution in [2.24, 2.45) is 11.8 Å². The standard InChI is InChI=1S/C24H24O4/c25-23(27-17-15-19-9-3-1-4-10-19)21-13-7-8-14-22(21)24(26)28-18-16-20-11-5-2-6-12-20/h1-6,9-12,15-18,21-22H,7-8,13-14H2/b17-15+,18-16+/t21-,22-/m1/s1. The summed E-state index contributed by atoms with van der Waals surface area (Å²) in [5.41, 5.74) is 1.89. The van der Waals surface area contributed by atoms with E-state index in [1.54, 1.807) is 12.2 Å². The van der Waals surface area contributed by atoms with Crippen molar-refractivity contribution in [2.75, 3.05) is 0 Å². The van der Waals surface area contributed by atoms with Gasteiger partial charge in [-0.15, -0.1) is 0 Å². The van der Waals surface area contributed by atoms with E-state index in [4.69, 9.17) is 9.47 Å². The van der Waals surface area contributed by atoms with Gasteiger partial charge in [0.15, 0.2) is 0 Å². The molecule has 2 aromatic rings. The Morgan fingerprint density at radius 3 is 1.46 bits per heavy atom. The quantitative estimate of drug-likeness (QED) is 0.512. The number of benzene rings is 2. The van der Waals surface area contributed by atoms with Crippen LogP contribution in [0.3, 0.4) is 0 Å². The van der Waals surface area contributed by atoms with Gasteiger partial charge in [-0.1, -0.05) is 73.5 Å². The van der Waals surface area contributed by atoms with E-state index in [2.05, 4.69) is 0 Å². The molecule has 3 rings (SSSR count). The minimum Gasteiger partial charge on any atom is -0.434 e. The summed E-state index contributed by atoms with van der Waals surface area (Å²) in [5, 5.41) is 0. The Morgan fingerprint density at radius 2 is 1.07 bits per heavy atom. The maximum absolute atomic E-state index is 12.5. The Bertz CT molecular complexity index is 753. The lowest BCUT2D eigenvalue weighted by molar-refractivity contribution is -0.156. The van der Waals surface area contributed by atoms with Gasteiger partial charge in [-0.05, 0) is 36.1 Å². The molecule has 0 unspecified atom stereocenters. The van der Waals surface area contributed by atoms with Crippen molar-refractivity contribution in [3.8, 4) is 0 Å². The van der Waals surface area contributed by atoms with Crippen molar-refractivity contribution < 1.29 is 19.1 Å². The maximum atomic E-state index is 12.5. The number of hydrogen-bond acceptors (Lipinski definition) is 4. The summed E-state index contributed by atoms with van der Waals surface area (Å²) < 4.78 is 10.6. The first-order valence-electron chi connectivity index (χ1n) is 9.58. The van der Waals surface area contributed by atoms with Crippen LogP contribution in [0.15, 0.2) is 73.2 Å². The van der Waals surface area contributed by atoms with Gasteiger partial charge in [0.2, 0.25) is 0 Å². The second-order valence-corrected chi connectivity index (χ2v) is 6.80. The minimum absolute atomic E-state index is 0.374. The summed E-state index contributed by atoms with van der Waals surface area (Å²) in [4.78, 5) is 25.0. The Morgan fingerprint density at radius 1 is 0.679 bits per heavy atom. The molecule has 1 aliphatic carbocycles. The lowest BCUT2D eigenvalue weighted by Gasteiger charge is -2.27. The van der Waals surface area contributed by atoms with Crippen LogP contribution in [-0.2, 0) is 19.1 Å². The van der Waals surface area contributed by atoms with Crippen LogP contribution < -0.4 is 0 Å². The Labute approximate surface area is 165 Å². The highest BCUT2D eigenvalue weighted by Gasteiger charge is 2.37. The molecule has 1 saturated carbocycles. The molecule has 28 heavy (non-hydrogen) atoms. The smallest absolute Gasteiger partial charge is 0.314 e. The van der Waals surface area contributed by atoms with Crippen molar-refractivity contribution in [3.05, 3.63) is 84.3 Å². The highest BCUT2D eigenvalue weighted by Crippen LogP contribution is 2.32. The first kappa shape index (κ1) is 19.6. The average molecular weight is 376 g/mol. The number of ether oxygens (including phenoxy) is 2. The van der Waals surface area contributed by atoms with E-state index in [9.17, 15) is 9.59 Å². The molecule has 144 valence electrons. The molecule has 0 N–H and O–H groups in total. The van der Waals surface area contributed by atoms with E-state index in [-0.39, 0.29) is 11.9 Å². The van der Waals surface area contributed by atoms with Gasteiger partial charge in [-0.3, -0.25) is 9.59 Å². The third-order valence-electron chi connectivity index (χ3n) is 4.86. The van der Waals surface area contributed by atoms with E-state index in [1.807, 2.05) is 60.7 Å². The molecule has 0 radical (unpaired) electrons. The number of rotatable bonds is 6. The maximum Gasteiger partial charge on any atom is 0.314 e. The summed E-state index contributed by atoms with van der Waals surface area (Å²) in [6.07, 6.45) is 9.35. The summed E-state index contributed by atoms with van der Waals surface area (Å²) in [6, 6.07) is 19.2. The molecular weight excluding hydrogens is 352 g/mol. The molecule has 1 fully saturated rings. The van der Waals surface area contributed by atoms with E-state index in [0.717, 1.165) is 24.0 Å². The fraction of sp³-hybridized carbons (Fsp3) is 0.250. The lowest BCUT2D eigenvalue weighted by Crippen LogP contribution is -2.33. The number of carbonyl (C=O) groups is 2. The highest BCUT2D eigenvalue weighted by atomic mass is 16.5. The summed E-state index contributed by atoms with van der Waals surface area (Å²) in [6.45, 7) is 0. The Kier molecular flexibility index (Phi) is 7.19. The molecule has 1 aliphatic rings. The first-order chi connectivity index (χ1) is 13.7. The van der Waals surface area contributed by atoms with E-state index < -0.39 is 11.8 Å². The topological polar surface area (TPSA) is 52.6 Å². The van der Waals surface area contributed by atoms with E-state index in [1.165, 1.54) is 12.5 Å². The van der Waals surface area contributed by atoms with Crippen LogP contribution in [0.2, 0.25) is 0 Å². The van der Waals surface area contributed by atoms with E-state index >= 15 is 0 Å². The summed E-state index contributed by atoms with van der Waals surface area (Å²) in [7, 11) is 0. The zero-order valence-electron chi connectivity index (χ0n) is 15.7. The molecule has 0 aromatic heterocycles. The fourth-order valence-electron chi connectivity index (χ4n) is 3.36. The van der Waals surface area contributed by atoms with Crippen LogP contribution >= 0.6 is 0 Å². The molecule has 2 aromatic carbocycles. The van der Waals surface area contributed by atoms with Crippen molar-refractivity contribution in [3.63, 3.8) is 0 Å². The second kappa shape index (κ2) is 10.3. The predicted molar refractivity (Wildman–Crippen MR) is 109 cm³/mol. The monoisotopic (exact) mass is 376 g/mol. The molecule has 0 spiro atoms. The molecule has 0 bridgehead atoms. The largest absolute Gasteiger partial charge is 0.434 e. The van der Waals surface area contributed by atoms with Crippen molar-refractivity contribution in [1.82, 2.24) is 0 Å². The van der Waals surface area contributed by atoms with Crippen molar-refractivity contribution in [1.29, 1.82) is 0 Å². The van der Waals surface area contributed by atoms with Crippen molar-refractivity contribution in [2.45, 2.75) is 25.7 Å². The van der Waals surface area contributed by atoms with Crippen LogP contribution in [0, 0.1) is 11.8 Å². The molecule has 0 saturated heterocycles.